The molecule has 1 aromatic heterocycles. The highest BCUT2D eigenvalue weighted by atomic mass is 19.1. The lowest BCUT2D eigenvalue weighted by Crippen LogP contribution is -2.06. The first kappa shape index (κ1) is 12.6. The minimum absolute atomic E-state index is 0.233. The molecule has 0 atom stereocenters. The second-order valence-corrected chi connectivity index (χ2v) is 4.03. The highest BCUT2D eigenvalue weighted by molar-refractivity contribution is 5.60. The Bertz CT molecular complexity index is 551. The number of ether oxygens (including phenoxy) is 1. The summed E-state index contributed by atoms with van der Waals surface area (Å²) in [7, 11) is 3.30. The van der Waals surface area contributed by atoms with Crippen LogP contribution in [-0.2, 0) is 13.5 Å². The van der Waals surface area contributed by atoms with Gasteiger partial charge in [0.1, 0.15) is 0 Å². The summed E-state index contributed by atoms with van der Waals surface area (Å²) in [6.45, 7) is 0.565. The molecule has 5 heteroatoms. The lowest BCUT2D eigenvalue weighted by Gasteiger charge is -2.02. The quantitative estimate of drug-likeness (QED) is 0.898. The van der Waals surface area contributed by atoms with Gasteiger partial charge in [-0.1, -0.05) is 0 Å². The molecule has 4 nitrogen and oxygen atoms in total. The summed E-state index contributed by atoms with van der Waals surface area (Å²) in [5.41, 5.74) is 8.02. The average molecular weight is 249 g/mol. The Morgan fingerprint density at radius 1 is 1.39 bits per heavy atom. The van der Waals surface area contributed by atoms with Gasteiger partial charge in [-0.15, -0.1) is 0 Å². The number of nitrogens with two attached hydrogens (primary N) is 1. The first-order valence-electron chi connectivity index (χ1n) is 5.72. The Hall–Kier alpha value is -1.88. The molecule has 0 fully saturated rings. The third-order valence-corrected chi connectivity index (χ3v) is 2.82. The molecule has 1 aromatic carbocycles. The lowest BCUT2D eigenvalue weighted by atomic mass is 10.1. The summed E-state index contributed by atoms with van der Waals surface area (Å²) in [4.78, 5) is 0. The van der Waals surface area contributed by atoms with Gasteiger partial charge in [0.2, 0.25) is 0 Å². The standard InChI is InChI=1S/C13H16FN3O/c1-17-10(5-6-15)8-12(16-17)9-3-4-13(18-2)11(14)7-9/h3-4,7-8H,5-6,15H2,1-2H3. The van der Waals surface area contributed by atoms with E-state index in [1.54, 1.807) is 16.8 Å². The maximum Gasteiger partial charge on any atom is 0.165 e. The van der Waals surface area contributed by atoms with Crippen LogP contribution in [0.2, 0.25) is 0 Å². The number of rotatable bonds is 4. The normalized spacial score (nSPS) is 10.7. The van der Waals surface area contributed by atoms with Crippen LogP contribution in [0.15, 0.2) is 24.3 Å². The zero-order valence-electron chi connectivity index (χ0n) is 10.5. The van der Waals surface area contributed by atoms with E-state index in [4.69, 9.17) is 10.5 Å². The Labute approximate surface area is 105 Å². The van der Waals surface area contributed by atoms with Crippen molar-refractivity contribution in [2.24, 2.45) is 12.8 Å². The molecule has 0 amide bonds. The van der Waals surface area contributed by atoms with Gasteiger partial charge in [0.05, 0.1) is 12.8 Å². The number of aromatic nitrogens is 2. The molecule has 2 rings (SSSR count). The van der Waals surface area contributed by atoms with Gasteiger partial charge in [0, 0.05) is 24.7 Å². The molecule has 2 N–H and O–H groups in total. The topological polar surface area (TPSA) is 53.1 Å². The zero-order chi connectivity index (χ0) is 13.1. The number of aryl methyl sites for hydroxylation is 1. The van der Waals surface area contributed by atoms with Crippen molar-refractivity contribution in [3.63, 3.8) is 0 Å². The molecule has 0 unspecified atom stereocenters. The summed E-state index contributed by atoms with van der Waals surface area (Å²) < 4.78 is 20.3. The SMILES string of the molecule is COc1ccc(-c2cc(CCN)n(C)n2)cc1F. The summed E-state index contributed by atoms with van der Waals surface area (Å²) in [5.74, 6) is -0.155. The molecule has 0 aliphatic carbocycles. The van der Waals surface area contributed by atoms with Crippen molar-refractivity contribution >= 4 is 0 Å². The summed E-state index contributed by atoms with van der Waals surface area (Å²) in [6, 6.07) is 6.74. The molecular weight excluding hydrogens is 233 g/mol. The van der Waals surface area contributed by atoms with Crippen LogP contribution in [-0.4, -0.2) is 23.4 Å². The molecule has 0 saturated heterocycles. The summed E-state index contributed by atoms with van der Waals surface area (Å²) in [6.07, 6.45) is 0.752. The highest BCUT2D eigenvalue weighted by Crippen LogP contribution is 2.25. The predicted molar refractivity (Wildman–Crippen MR) is 67.9 cm³/mol. The van der Waals surface area contributed by atoms with Crippen LogP contribution in [0.25, 0.3) is 11.3 Å². The zero-order valence-corrected chi connectivity index (χ0v) is 10.5. The molecule has 0 radical (unpaired) electrons. The van der Waals surface area contributed by atoms with Crippen LogP contribution in [0.1, 0.15) is 5.69 Å². The fourth-order valence-electron chi connectivity index (χ4n) is 1.85. The average Bonchev–Trinajstić information content (AvgIpc) is 2.71. The number of halogens is 1. The van der Waals surface area contributed by atoms with Gasteiger partial charge in [0.15, 0.2) is 11.6 Å². The van der Waals surface area contributed by atoms with E-state index >= 15 is 0 Å². The molecule has 2 aromatic rings. The Morgan fingerprint density at radius 3 is 2.78 bits per heavy atom. The van der Waals surface area contributed by atoms with Crippen molar-refractivity contribution in [1.82, 2.24) is 9.78 Å². The second kappa shape index (κ2) is 5.18. The van der Waals surface area contributed by atoms with E-state index in [2.05, 4.69) is 5.10 Å². The van der Waals surface area contributed by atoms with E-state index < -0.39 is 0 Å². The number of benzene rings is 1. The van der Waals surface area contributed by atoms with Crippen LogP contribution >= 0.6 is 0 Å². The number of nitrogens with zero attached hydrogens (tertiary/aromatic N) is 2. The van der Waals surface area contributed by atoms with Gasteiger partial charge in [-0.2, -0.15) is 5.10 Å². The molecule has 0 aliphatic rings. The monoisotopic (exact) mass is 249 g/mol. The molecule has 0 saturated carbocycles. The van der Waals surface area contributed by atoms with Crippen molar-refractivity contribution in [3.8, 4) is 17.0 Å². The van der Waals surface area contributed by atoms with Gasteiger partial charge in [-0.05, 0) is 30.8 Å². The van der Waals surface area contributed by atoms with Gasteiger partial charge >= 0.3 is 0 Å². The molecule has 0 bridgehead atoms. The lowest BCUT2D eigenvalue weighted by molar-refractivity contribution is 0.386. The van der Waals surface area contributed by atoms with Crippen molar-refractivity contribution in [2.75, 3.05) is 13.7 Å². The molecule has 18 heavy (non-hydrogen) atoms. The van der Waals surface area contributed by atoms with Crippen molar-refractivity contribution in [1.29, 1.82) is 0 Å². The first-order valence-corrected chi connectivity index (χ1v) is 5.72. The fourth-order valence-corrected chi connectivity index (χ4v) is 1.85. The summed E-state index contributed by atoms with van der Waals surface area (Å²) in [5, 5.41) is 4.35. The van der Waals surface area contributed by atoms with Crippen LogP contribution in [0.3, 0.4) is 0 Å². The molecule has 96 valence electrons. The van der Waals surface area contributed by atoms with Gasteiger partial charge in [-0.3, -0.25) is 4.68 Å². The van der Waals surface area contributed by atoms with Gasteiger partial charge in [-0.25, -0.2) is 4.39 Å². The Kier molecular flexibility index (Phi) is 3.62. The van der Waals surface area contributed by atoms with E-state index in [9.17, 15) is 4.39 Å². The largest absolute Gasteiger partial charge is 0.494 e. The highest BCUT2D eigenvalue weighted by Gasteiger charge is 2.09. The van der Waals surface area contributed by atoms with E-state index in [1.807, 2.05) is 13.1 Å². The fraction of sp³-hybridized carbons (Fsp3) is 0.308. The molecule has 0 aliphatic heterocycles. The smallest absolute Gasteiger partial charge is 0.165 e. The first-order chi connectivity index (χ1) is 8.65. The minimum atomic E-state index is -0.388. The second-order valence-electron chi connectivity index (χ2n) is 4.03. The van der Waals surface area contributed by atoms with Crippen LogP contribution in [0.5, 0.6) is 5.75 Å². The third-order valence-electron chi connectivity index (χ3n) is 2.82. The molecule has 1 heterocycles. The van der Waals surface area contributed by atoms with E-state index in [-0.39, 0.29) is 11.6 Å². The number of hydrogen-bond donors (Lipinski definition) is 1. The van der Waals surface area contributed by atoms with Crippen LogP contribution in [0.4, 0.5) is 4.39 Å². The minimum Gasteiger partial charge on any atom is -0.494 e. The number of hydrogen-bond acceptors (Lipinski definition) is 3. The van der Waals surface area contributed by atoms with Crippen LogP contribution < -0.4 is 10.5 Å². The number of methoxy groups -OCH3 is 1. The van der Waals surface area contributed by atoms with Crippen molar-refractivity contribution < 1.29 is 9.13 Å². The van der Waals surface area contributed by atoms with E-state index in [1.165, 1.54) is 13.2 Å². The van der Waals surface area contributed by atoms with E-state index in [0.717, 1.165) is 23.4 Å². The van der Waals surface area contributed by atoms with Crippen LogP contribution in [0, 0.1) is 5.82 Å². The van der Waals surface area contributed by atoms with Crippen molar-refractivity contribution in [2.45, 2.75) is 6.42 Å². The van der Waals surface area contributed by atoms with Gasteiger partial charge in [0.25, 0.3) is 0 Å². The maximum atomic E-state index is 13.6. The maximum absolute atomic E-state index is 13.6. The Morgan fingerprint density at radius 2 is 2.17 bits per heavy atom. The third kappa shape index (κ3) is 2.36. The molecule has 0 spiro atoms. The van der Waals surface area contributed by atoms with Gasteiger partial charge < -0.3 is 10.5 Å². The van der Waals surface area contributed by atoms with E-state index in [0.29, 0.717) is 6.54 Å². The van der Waals surface area contributed by atoms with Crippen molar-refractivity contribution in [3.05, 3.63) is 35.8 Å². The Balaban J connectivity index is 2.36. The predicted octanol–water partition coefficient (Wildman–Crippen LogP) is 1.74. The summed E-state index contributed by atoms with van der Waals surface area (Å²) >= 11 is 0. The molecular formula is C13H16FN3O.